The first kappa shape index (κ1) is 13.2. The third-order valence-corrected chi connectivity index (χ3v) is 5.22. The maximum atomic E-state index is 10.4. The van der Waals surface area contributed by atoms with E-state index in [0.717, 1.165) is 30.0 Å². The summed E-state index contributed by atoms with van der Waals surface area (Å²) in [7, 11) is 0. The van der Waals surface area contributed by atoms with Gasteiger partial charge in [0.2, 0.25) is 0 Å². The van der Waals surface area contributed by atoms with Crippen molar-refractivity contribution >= 4 is 22.9 Å². The zero-order valence-corrected chi connectivity index (χ0v) is 12.3. The summed E-state index contributed by atoms with van der Waals surface area (Å²) in [6.07, 6.45) is 3.63. The van der Waals surface area contributed by atoms with Crippen LogP contribution in [0.25, 0.3) is 0 Å². The van der Waals surface area contributed by atoms with Crippen LogP contribution in [-0.4, -0.2) is 11.2 Å². The molecule has 1 heterocycles. The average Bonchev–Trinajstić information content (AvgIpc) is 2.83. The Hall–Kier alpha value is -0.830. The second-order valence-corrected chi connectivity index (χ2v) is 7.05. The van der Waals surface area contributed by atoms with Crippen LogP contribution in [0.2, 0.25) is 4.34 Å². The fraction of sp³-hybridized carbons (Fsp3) is 0.375. The number of thiophene rings is 1. The Morgan fingerprint density at radius 1 is 1.21 bits per heavy atom. The standard InChI is InChI=1S/C16H17ClOS/c17-16-8-7-14(19-16)10-15(18)13-6-5-11-3-1-2-4-12(11)9-13/h1-4,7-8,13,15,18H,5-6,9-10H2. The second kappa shape index (κ2) is 5.66. The van der Waals surface area contributed by atoms with Crippen LogP contribution in [0.5, 0.6) is 0 Å². The van der Waals surface area contributed by atoms with E-state index in [-0.39, 0.29) is 6.10 Å². The van der Waals surface area contributed by atoms with Crippen molar-refractivity contribution in [2.75, 3.05) is 0 Å². The number of halogens is 1. The number of rotatable bonds is 3. The molecule has 2 aromatic rings. The molecule has 3 heteroatoms. The van der Waals surface area contributed by atoms with Gasteiger partial charge < -0.3 is 5.11 Å². The van der Waals surface area contributed by atoms with Gasteiger partial charge in [-0.25, -0.2) is 0 Å². The highest BCUT2D eigenvalue weighted by Crippen LogP contribution is 2.30. The molecule has 0 bridgehead atoms. The van der Waals surface area contributed by atoms with Crippen LogP contribution in [0.3, 0.4) is 0 Å². The van der Waals surface area contributed by atoms with Gasteiger partial charge in [0.25, 0.3) is 0 Å². The lowest BCUT2D eigenvalue weighted by molar-refractivity contribution is 0.100. The lowest BCUT2D eigenvalue weighted by atomic mass is 9.80. The van der Waals surface area contributed by atoms with E-state index in [1.807, 2.05) is 12.1 Å². The third kappa shape index (κ3) is 3.02. The summed E-state index contributed by atoms with van der Waals surface area (Å²) in [4.78, 5) is 1.18. The molecule has 1 aliphatic carbocycles. The van der Waals surface area contributed by atoms with Crippen LogP contribution >= 0.6 is 22.9 Å². The first-order valence-corrected chi connectivity index (χ1v) is 7.91. The summed E-state index contributed by atoms with van der Waals surface area (Å²) in [6, 6.07) is 12.5. The van der Waals surface area contributed by atoms with Gasteiger partial charge in [-0.1, -0.05) is 35.9 Å². The monoisotopic (exact) mass is 292 g/mol. The van der Waals surface area contributed by atoms with Crippen molar-refractivity contribution in [1.82, 2.24) is 0 Å². The van der Waals surface area contributed by atoms with E-state index in [9.17, 15) is 5.11 Å². The van der Waals surface area contributed by atoms with E-state index in [4.69, 9.17) is 11.6 Å². The Bertz CT molecular complexity index is 563. The molecule has 0 saturated carbocycles. The molecule has 0 saturated heterocycles. The van der Waals surface area contributed by atoms with Gasteiger partial charge in [-0.15, -0.1) is 11.3 Å². The molecular weight excluding hydrogens is 276 g/mol. The van der Waals surface area contributed by atoms with Gasteiger partial charge in [-0.05, 0) is 48.4 Å². The lowest BCUT2D eigenvalue weighted by Crippen LogP contribution is -2.28. The molecule has 2 unspecified atom stereocenters. The van der Waals surface area contributed by atoms with Gasteiger partial charge in [0.15, 0.2) is 0 Å². The highest BCUT2D eigenvalue weighted by Gasteiger charge is 2.25. The molecule has 1 N–H and O–H groups in total. The molecule has 1 nitrogen and oxygen atoms in total. The quantitative estimate of drug-likeness (QED) is 0.902. The Kier molecular flexibility index (Phi) is 3.92. The van der Waals surface area contributed by atoms with Gasteiger partial charge in [-0.3, -0.25) is 0 Å². The van der Waals surface area contributed by atoms with E-state index >= 15 is 0 Å². The first-order chi connectivity index (χ1) is 9.22. The van der Waals surface area contributed by atoms with Crippen molar-refractivity contribution in [3.05, 3.63) is 56.7 Å². The third-order valence-electron chi connectivity index (χ3n) is 3.97. The Labute approximate surface area is 122 Å². The van der Waals surface area contributed by atoms with Crippen LogP contribution in [0.1, 0.15) is 22.4 Å². The predicted octanol–water partition coefficient (Wildman–Crippen LogP) is 4.11. The number of fused-ring (bicyclic) bond motifs is 1. The van der Waals surface area contributed by atoms with Crippen LogP contribution in [0.4, 0.5) is 0 Å². The molecular formula is C16H17ClOS. The summed E-state index contributed by atoms with van der Waals surface area (Å²) in [5.74, 6) is 0.371. The predicted molar refractivity (Wildman–Crippen MR) is 81.0 cm³/mol. The minimum atomic E-state index is -0.261. The molecule has 1 aromatic carbocycles. The smallest absolute Gasteiger partial charge is 0.0931 e. The van der Waals surface area contributed by atoms with Crippen LogP contribution < -0.4 is 0 Å². The fourth-order valence-electron chi connectivity index (χ4n) is 2.89. The van der Waals surface area contributed by atoms with E-state index in [1.165, 1.54) is 16.0 Å². The summed E-state index contributed by atoms with van der Waals surface area (Å²) in [5.41, 5.74) is 2.85. The maximum Gasteiger partial charge on any atom is 0.0931 e. The Morgan fingerprint density at radius 2 is 2.00 bits per heavy atom. The number of hydrogen-bond acceptors (Lipinski definition) is 2. The minimum absolute atomic E-state index is 0.261. The van der Waals surface area contributed by atoms with Gasteiger partial charge in [-0.2, -0.15) is 0 Å². The van der Waals surface area contributed by atoms with Gasteiger partial charge in [0, 0.05) is 11.3 Å². The normalized spacial score (nSPS) is 20.0. The summed E-state index contributed by atoms with van der Waals surface area (Å²) in [5, 5.41) is 10.4. The summed E-state index contributed by atoms with van der Waals surface area (Å²) < 4.78 is 0.802. The lowest BCUT2D eigenvalue weighted by Gasteiger charge is -2.28. The zero-order valence-electron chi connectivity index (χ0n) is 10.7. The molecule has 0 radical (unpaired) electrons. The Balaban J connectivity index is 1.67. The highest BCUT2D eigenvalue weighted by atomic mass is 35.5. The second-order valence-electron chi connectivity index (χ2n) is 5.25. The molecule has 1 aliphatic rings. The van der Waals surface area contributed by atoms with E-state index < -0.39 is 0 Å². The van der Waals surface area contributed by atoms with Crippen molar-refractivity contribution in [2.24, 2.45) is 5.92 Å². The number of aliphatic hydroxyl groups excluding tert-OH is 1. The largest absolute Gasteiger partial charge is 0.392 e. The topological polar surface area (TPSA) is 20.2 Å². The van der Waals surface area contributed by atoms with Gasteiger partial charge >= 0.3 is 0 Å². The fourth-order valence-corrected chi connectivity index (χ4v) is 4.03. The number of aliphatic hydroxyl groups is 1. The van der Waals surface area contributed by atoms with Gasteiger partial charge in [0.1, 0.15) is 0 Å². The van der Waals surface area contributed by atoms with Crippen molar-refractivity contribution < 1.29 is 5.11 Å². The molecule has 0 aliphatic heterocycles. The summed E-state index contributed by atoms with van der Waals surface area (Å²) in [6.45, 7) is 0. The van der Waals surface area contributed by atoms with Crippen molar-refractivity contribution in [1.29, 1.82) is 0 Å². The molecule has 100 valence electrons. The number of aryl methyl sites for hydroxylation is 1. The molecule has 3 rings (SSSR count). The molecule has 2 atom stereocenters. The van der Waals surface area contributed by atoms with Crippen molar-refractivity contribution in [3.8, 4) is 0 Å². The molecule has 19 heavy (non-hydrogen) atoms. The first-order valence-electron chi connectivity index (χ1n) is 6.71. The van der Waals surface area contributed by atoms with Gasteiger partial charge in [0.05, 0.1) is 10.4 Å². The van der Waals surface area contributed by atoms with Crippen LogP contribution in [0, 0.1) is 5.92 Å². The number of hydrogen-bond donors (Lipinski definition) is 1. The van der Waals surface area contributed by atoms with E-state index in [2.05, 4.69) is 24.3 Å². The molecule has 0 amide bonds. The highest BCUT2D eigenvalue weighted by molar-refractivity contribution is 7.16. The SMILES string of the molecule is OC(Cc1ccc(Cl)s1)C1CCc2ccccc2C1. The summed E-state index contributed by atoms with van der Waals surface area (Å²) >= 11 is 7.50. The Morgan fingerprint density at radius 3 is 2.74 bits per heavy atom. The molecule has 0 fully saturated rings. The maximum absolute atomic E-state index is 10.4. The van der Waals surface area contributed by atoms with Crippen molar-refractivity contribution in [2.45, 2.75) is 31.8 Å². The average molecular weight is 293 g/mol. The van der Waals surface area contributed by atoms with Crippen molar-refractivity contribution in [3.63, 3.8) is 0 Å². The van der Waals surface area contributed by atoms with E-state index in [1.54, 1.807) is 11.3 Å². The minimum Gasteiger partial charge on any atom is -0.392 e. The van der Waals surface area contributed by atoms with E-state index in [0.29, 0.717) is 5.92 Å². The van der Waals surface area contributed by atoms with Crippen LogP contribution in [-0.2, 0) is 19.3 Å². The number of benzene rings is 1. The zero-order chi connectivity index (χ0) is 13.2. The molecule has 1 aromatic heterocycles. The molecule has 0 spiro atoms. The van der Waals surface area contributed by atoms with Crippen LogP contribution in [0.15, 0.2) is 36.4 Å².